The molecule has 1 aromatic rings. The molecule has 0 aromatic heterocycles. The van der Waals surface area contributed by atoms with Crippen LogP contribution < -0.4 is 10.5 Å². The Morgan fingerprint density at radius 3 is 3.08 bits per heavy atom. The number of carbonyl (C=O) groups is 1. The minimum atomic E-state index is -3.78. The van der Waals surface area contributed by atoms with Crippen molar-refractivity contribution in [1.82, 2.24) is 4.90 Å². The first-order valence-electron chi connectivity index (χ1n) is 7.79. The van der Waals surface area contributed by atoms with Crippen LogP contribution in [0.2, 0.25) is 0 Å². The average molecular weight is 371 g/mol. The smallest absolute Gasteiger partial charge is 0.238 e. The molecule has 1 amide bonds. The first-order valence-corrected chi connectivity index (χ1v) is 10.4. The SMILES string of the molecule is NS(=O)(=O)c1cccc(NC(=O)CN2CCSC3COCCC32)c1. The van der Waals surface area contributed by atoms with E-state index in [0.29, 0.717) is 23.5 Å². The number of primary sulfonamides is 1. The van der Waals surface area contributed by atoms with Gasteiger partial charge in [0.25, 0.3) is 0 Å². The molecule has 1 aromatic carbocycles. The molecule has 3 N–H and O–H groups in total. The summed E-state index contributed by atoms with van der Waals surface area (Å²) in [6, 6.07) is 6.34. The van der Waals surface area contributed by atoms with Crippen molar-refractivity contribution < 1.29 is 17.9 Å². The van der Waals surface area contributed by atoms with Crippen LogP contribution in [0.1, 0.15) is 6.42 Å². The van der Waals surface area contributed by atoms with Crippen molar-refractivity contribution in [1.29, 1.82) is 0 Å². The van der Waals surface area contributed by atoms with E-state index in [1.165, 1.54) is 12.1 Å². The third-order valence-electron chi connectivity index (χ3n) is 4.24. The van der Waals surface area contributed by atoms with Crippen LogP contribution in [0.15, 0.2) is 29.2 Å². The number of anilines is 1. The number of amides is 1. The lowest BCUT2D eigenvalue weighted by Crippen LogP contribution is -2.53. The summed E-state index contributed by atoms with van der Waals surface area (Å²) in [6.07, 6.45) is 0.936. The van der Waals surface area contributed by atoms with Gasteiger partial charge in [-0.05, 0) is 24.6 Å². The fraction of sp³-hybridized carbons (Fsp3) is 0.533. The number of hydrogen-bond donors (Lipinski definition) is 2. The topological polar surface area (TPSA) is 102 Å². The summed E-state index contributed by atoms with van der Waals surface area (Å²) in [6.45, 7) is 2.64. The molecule has 2 unspecified atom stereocenters. The fourth-order valence-corrected chi connectivity index (χ4v) is 5.02. The number of nitrogens with one attached hydrogen (secondary N) is 1. The summed E-state index contributed by atoms with van der Waals surface area (Å²) in [7, 11) is -3.78. The summed E-state index contributed by atoms with van der Waals surface area (Å²) in [5.74, 6) is 0.831. The van der Waals surface area contributed by atoms with Crippen LogP contribution in [-0.2, 0) is 19.6 Å². The van der Waals surface area contributed by atoms with E-state index in [-0.39, 0.29) is 10.8 Å². The van der Waals surface area contributed by atoms with Gasteiger partial charge >= 0.3 is 0 Å². The zero-order chi connectivity index (χ0) is 17.2. The Bertz CT molecular complexity index is 708. The molecule has 2 aliphatic heterocycles. The third-order valence-corrected chi connectivity index (χ3v) is 6.45. The lowest BCUT2D eigenvalue weighted by atomic mass is 10.1. The van der Waals surface area contributed by atoms with Crippen molar-refractivity contribution in [2.24, 2.45) is 5.14 Å². The van der Waals surface area contributed by atoms with Gasteiger partial charge in [0.2, 0.25) is 15.9 Å². The van der Waals surface area contributed by atoms with Crippen LogP contribution in [0.5, 0.6) is 0 Å². The van der Waals surface area contributed by atoms with Crippen molar-refractivity contribution in [3.63, 3.8) is 0 Å². The van der Waals surface area contributed by atoms with Gasteiger partial charge in [-0.1, -0.05) is 6.07 Å². The molecule has 0 radical (unpaired) electrons. The van der Waals surface area contributed by atoms with E-state index in [1.807, 2.05) is 11.8 Å². The average Bonchev–Trinajstić information content (AvgIpc) is 2.54. The van der Waals surface area contributed by atoms with E-state index in [1.54, 1.807) is 12.1 Å². The number of sulfonamides is 1. The molecule has 2 saturated heterocycles. The predicted octanol–water partition coefficient (Wildman–Crippen LogP) is 0.479. The maximum absolute atomic E-state index is 12.3. The number of ether oxygens (including phenoxy) is 1. The lowest BCUT2D eigenvalue weighted by Gasteiger charge is -2.43. The number of benzene rings is 1. The molecule has 7 nitrogen and oxygen atoms in total. The van der Waals surface area contributed by atoms with Gasteiger partial charge in [-0.3, -0.25) is 9.69 Å². The summed E-state index contributed by atoms with van der Waals surface area (Å²) < 4.78 is 28.3. The number of thioether (sulfide) groups is 1. The highest BCUT2D eigenvalue weighted by Gasteiger charge is 2.35. The molecule has 9 heteroatoms. The van der Waals surface area contributed by atoms with Crippen molar-refractivity contribution >= 4 is 33.4 Å². The highest BCUT2D eigenvalue weighted by molar-refractivity contribution is 8.00. The van der Waals surface area contributed by atoms with Gasteiger partial charge in [-0.15, -0.1) is 0 Å². The van der Waals surface area contributed by atoms with E-state index in [4.69, 9.17) is 9.88 Å². The first kappa shape index (κ1) is 17.7. The quantitative estimate of drug-likeness (QED) is 0.798. The minimum absolute atomic E-state index is 0.0147. The number of nitrogens with two attached hydrogens (primary N) is 1. The maximum atomic E-state index is 12.3. The predicted molar refractivity (Wildman–Crippen MR) is 93.5 cm³/mol. The third kappa shape index (κ3) is 4.28. The van der Waals surface area contributed by atoms with E-state index < -0.39 is 10.0 Å². The summed E-state index contributed by atoms with van der Waals surface area (Å²) in [4.78, 5) is 14.5. The Balaban J connectivity index is 1.63. The molecule has 132 valence electrons. The van der Waals surface area contributed by atoms with Gasteiger partial charge < -0.3 is 10.1 Å². The Morgan fingerprint density at radius 2 is 2.29 bits per heavy atom. The molecule has 2 aliphatic rings. The van der Waals surface area contributed by atoms with Gasteiger partial charge in [0.05, 0.1) is 18.0 Å². The molecule has 0 aliphatic carbocycles. The van der Waals surface area contributed by atoms with E-state index in [9.17, 15) is 13.2 Å². The van der Waals surface area contributed by atoms with Crippen molar-refractivity contribution in [3.05, 3.63) is 24.3 Å². The molecule has 0 bridgehead atoms. The van der Waals surface area contributed by atoms with Gasteiger partial charge in [0.1, 0.15) is 0 Å². The van der Waals surface area contributed by atoms with Crippen molar-refractivity contribution in [2.75, 3.05) is 37.4 Å². The van der Waals surface area contributed by atoms with Crippen molar-refractivity contribution in [2.45, 2.75) is 22.6 Å². The number of hydrogen-bond acceptors (Lipinski definition) is 6. The largest absolute Gasteiger partial charge is 0.380 e. The first-order chi connectivity index (χ1) is 11.4. The molecule has 2 atom stereocenters. The molecule has 2 fully saturated rings. The van der Waals surface area contributed by atoms with Crippen molar-refractivity contribution in [3.8, 4) is 0 Å². The minimum Gasteiger partial charge on any atom is -0.380 e. The van der Waals surface area contributed by atoms with E-state index in [0.717, 1.165) is 31.9 Å². The van der Waals surface area contributed by atoms with Crippen LogP contribution >= 0.6 is 11.8 Å². The maximum Gasteiger partial charge on any atom is 0.238 e. The Morgan fingerprint density at radius 1 is 1.46 bits per heavy atom. The summed E-state index contributed by atoms with van der Waals surface area (Å²) in [5, 5.41) is 8.30. The van der Waals surface area contributed by atoms with Crippen LogP contribution in [0.25, 0.3) is 0 Å². The molecular weight excluding hydrogens is 350 g/mol. The van der Waals surface area contributed by atoms with Crippen LogP contribution in [0.3, 0.4) is 0 Å². The van der Waals surface area contributed by atoms with E-state index in [2.05, 4.69) is 10.2 Å². The number of fused-ring (bicyclic) bond motifs is 1. The number of nitrogens with zero attached hydrogens (tertiary/aromatic N) is 1. The number of carbonyl (C=O) groups excluding carboxylic acids is 1. The number of rotatable bonds is 4. The molecular formula is C15H21N3O4S2. The summed E-state index contributed by atoms with van der Waals surface area (Å²) >= 11 is 1.91. The molecule has 0 spiro atoms. The zero-order valence-electron chi connectivity index (χ0n) is 13.2. The van der Waals surface area contributed by atoms with E-state index >= 15 is 0 Å². The highest BCUT2D eigenvalue weighted by Crippen LogP contribution is 2.30. The highest BCUT2D eigenvalue weighted by atomic mass is 32.2. The second-order valence-electron chi connectivity index (χ2n) is 5.93. The Labute approximate surface area is 146 Å². The zero-order valence-corrected chi connectivity index (χ0v) is 14.8. The van der Waals surface area contributed by atoms with Gasteiger partial charge in [-0.2, -0.15) is 11.8 Å². The standard InChI is InChI=1S/C15H21N3O4S2/c16-24(20,21)12-3-1-2-11(8-12)17-15(19)9-18-5-7-23-14-10-22-6-4-13(14)18/h1-3,8,13-14H,4-7,9-10H2,(H,17,19)(H2,16,20,21). The Kier molecular flexibility index (Phi) is 5.46. The second-order valence-corrected chi connectivity index (χ2v) is 8.84. The molecule has 24 heavy (non-hydrogen) atoms. The van der Waals surface area contributed by atoms with Gasteiger partial charge in [0, 0.05) is 35.9 Å². The van der Waals surface area contributed by atoms with Crippen LogP contribution in [0, 0.1) is 0 Å². The van der Waals surface area contributed by atoms with Gasteiger partial charge in [-0.25, -0.2) is 13.6 Å². The van der Waals surface area contributed by atoms with Crippen LogP contribution in [0.4, 0.5) is 5.69 Å². The monoisotopic (exact) mass is 371 g/mol. The second kappa shape index (κ2) is 7.40. The molecule has 3 rings (SSSR count). The molecule has 0 saturated carbocycles. The lowest BCUT2D eigenvalue weighted by molar-refractivity contribution is -0.118. The van der Waals surface area contributed by atoms with Gasteiger partial charge in [0.15, 0.2) is 0 Å². The Hall–Kier alpha value is -1.13. The molecule has 2 heterocycles. The summed E-state index contributed by atoms with van der Waals surface area (Å²) in [5.41, 5.74) is 0.432. The normalized spacial score (nSPS) is 25.0. The van der Waals surface area contributed by atoms with Crippen LogP contribution in [-0.4, -0.2) is 62.6 Å². The fourth-order valence-electron chi connectivity index (χ4n) is 3.10.